The summed E-state index contributed by atoms with van der Waals surface area (Å²) in [5.74, 6) is -0.517. The van der Waals surface area contributed by atoms with Crippen molar-refractivity contribution in [3.63, 3.8) is 0 Å². The van der Waals surface area contributed by atoms with Crippen LogP contribution in [0.1, 0.15) is 30.9 Å². The molecule has 1 N–H and O–H groups in total. The lowest BCUT2D eigenvalue weighted by Crippen LogP contribution is -2.49. The molecule has 3 saturated heterocycles. The van der Waals surface area contributed by atoms with Crippen LogP contribution in [-0.2, 0) is 24.6 Å². The number of benzene rings is 1. The van der Waals surface area contributed by atoms with E-state index in [-0.39, 0.29) is 24.7 Å². The number of nitrogens with zero attached hydrogens (tertiary/aromatic N) is 2. The van der Waals surface area contributed by atoms with E-state index in [9.17, 15) is 14.4 Å². The molecule has 3 aliphatic rings. The molecule has 0 saturated carbocycles. The molecule has 4 amide bonds. The van der Waals surface area contributed by atoms with Crippen LogP contribution >= 0.6 is 0 Å². The molecule has 0 aromatic heterocycles. The van der Waals surface area contributed by atoms with E-state index in [4.69, 9.17) is 9.47 Å². The zero-order chi connectivity index (χ0) is 20.6. The molecule has 0 radical (unpaired) electrons. The van der Waals surface area contributed by atoms with Crippen molar-refractivity contribution >= 4 is 17.8 Å². The fourth-order valence-corrected chi connectivity index (χ4v) is 4.27. The Kier molecular flexibility index (Phi) is 5.31. The molecular weight excluding hydrogens is 374 g/mol. The number of hydrogen-bond acceptors (Lipinski definition) is 5. The van der Waals surface area contributed by atoms with Gasteiger partial charge >= 0.3 is 6.03 Å². The highest BCUT2D eigenvalue weighted by Crippen LogP contribution is 2.30. The third kappa shape index (κ3) is 3.74. The molecule has 3 aliphatic heterocycles. The number of imide groups is 1. The summed E-state index contributed by atoms with van der Waals surface area (Å²) < 4.78 is 11.2. The van der Waals surface area contributed by atoms with Crippen LogP contribution in [0.2, 0.25) is 0 Å². The van der Waals surface area contributed by atoms with Crippen molar-refractivity contribution in [3.8, 4) is 0 Å². The number of ether oxygens (including phenoxy) is 2. The summed E-state index contributed by atoms with van der Waals surface area (Å²) in [4.78, 5) is 41.2. The highest BCUT2D eigenvalue weighted by atomic mass is 16.7. The fourth-order valence-electron chi connectivity index (χ4n) is 4.27. The first-order valence-electron chi connectivity index (χ1n) is 10.1. The average Bonchev–Trinajstić information content (AvgIpc) is 3.32. The summed E-state index contributed by atoms with van der Waals surface area (Å²) in [7, 11) is 0. The van der Waals surface area contributed by atoms with Gasteiger partial charge in [-0.1, -0.05) is 29.8 Å². The van der Waals surface area contributed by atoms with Crippen LogP contribution in [0.25, 0.3) is 0 Å². The van der Waals surface area contributed by atoms with E-state index in [2.05, 4.69) is 5.32 Å². The monoisotopic (exact) mass is 401 g/mol. The summed E-state index contributed by atoms with van der Waals surface area (Å²) in [5.41, 5.74) is 0.599. The van der Waals surface area contributed by atoms with Gasteiger partial charge in [0.05, 0.1) is 13.2 Å². The fraction of sp³-hybridized carbons (Fsp3) is 0.571. The Bertz CT molecular complexity index is 805. The minimum atomic E-state index is -1.17. The van der Waals surface area contributed by atoms with Gasteiger partial charge < -0.3 is 19.7 Å². The van der Waals surface area contributed by atoms with Crippen LogP contribution in [0, 0.1) is 12.8 Å². The lowest BCUT2D eigenvalue weighted by molar-refractivity contribution is -0.143. The van der Waals surface area contributed by atoms with Crippen LogP contribution in [0.4, 0.5) is 4.79 Å². The molecular formula is C21H27N3O5. The highest BCUT2D eigenvalue weighted by molar-refractivity contribution is 6.09. The number of carbonyl (C=O) groups is 3. The molecule has 1 aromatic rings. The maximum absolute atomic E-state index is 13.0. The first kappa shape index (κ1) is 19.8. The van der Waals surface area contributed by atoms with Crippen molar-refractivity contribution in [1.82, 2.24) is 15.1 Å². The predicted molar refractivity (Wildman–Crippen MR) is 104 cm³/mol. The second kappa shape index (κ2) is 7.76. The molecule has 2 unspecified atom stereocenters. The molecule has 1 aromatic carbocycles. The first-order valence-corrected chi connectivity index (χ1v) is 10.1. The van der Waals surface area contributed by atoms with Crippen LogP contribution in [0.5, 0.6) is 0 Å². The average molecular weight is 401 g/mol. The number of hydrogen-bond donors (Lipinski definition) is 1. The SMILES string of the molecule is Cc1ccc(C2(C)NC(=O)N(CC(=O)N3CCCC(C4OCCO4)C3)C2=O)cc1. The Morgan fingerprint density at radius 3 is 2.59 bits per heavy atom. The summed E-state index contributed by atoms with van der Waals surface area (Å²) in [6, 6.07) is 6.91. The van der Waals surface area contributed by atoms with Crippen LogP contribution in [-0.4, -0.2) is 66.8 Å². The van der Waals surface area contributed by atoms with Crippen molar-refractivity contribution in [2.24, 2.45) is 5.92 Å². The van der Waals surface area contributed by atoms with Gasteiger partial charge in [-0.25, -0.2) is 4.79 Å². The minimum absolute atomic E-state index is 0.121. The summed E-state index contributed by atoms with van der Waals surface area (Å²) >= 11 is 0. The van der Waals surface area contributed by atoms with Gasteiger partial charge in [-0.3, -0.25) is 14.5 Å². The number of rotatable bonds is 4. The first-order chi connectivity index (χ1) is 13.9. The van der Waals surface area contributed by atoms with E-state index in [1.807, 2.05) is 31.2 Å². The smallest absolute Gasteiger partial charge is 0.325 e. The van der Waals surface area contributed by atoms with E-state index in [1.54, 1.807) is 11.8 Å². The van der Waals surface area contributed by atoms with Gasteiger partial charge in [0.2, 0.25) is 5.91 Å². The van der Waals surface area contributed by atoms with Gasteiger partial charge in [-0.05, 0) is 32.3 Å². The molecule has 0 bridgehead atoms. The largest absolute Gasteiger partial charge is 0.350 e. The Hall–Kier alpha value is -2.45. The molecule has 3 heterocycles. The van der Waals surface area contributed by atoms with Crippen molar-refractivity contribution in [2.45, 2.75) is 38.5 Å². The van der Waals surface area contributed by atoms with E-state index in [1.165, 1.54) is 0 Å². The zero-order valence-electron chi connectivity index (χ0n) is 16.8. The summed E-state index contributed by atoms with van der Waals surface area (Å²) in [6.07, 6.45) is 1.51. The second-order valence-electron chi connectivity index (χ2n) is 8.16. The van der Waals surface area contributed by atoms with Crippen molar-refractivity contribution in [2.75, 3.05) is 32.8 Å². The molecule has 8 nitrogen and oxygen atoms in total. The predicted octanol–water partition coefficient (Wildman–Crippen LogP) is 1.37. The van der Waals surface area contributed by atoms with Gasteiger partial charge in [0, 0.05) is 19.0 Å². The van der Waals surface area contributed by atoms with Gasteiger partial charge in [-0.15, -0.1) is 0 Å². The Morgan fingerprint density at radius 2 is 1.90 bits per heavy atom. The molecule has 29 heavy (non-hydrogen) atoms. The molecule has 0 spiro atoms. The minimum Gasteiger partial charge on any atom is -0.350 e. The molecule has 2 atom stereocenters. The van der Waals surface area contributed by atoms with Gasteiger partial charge in [0.15, 0.2) is 6.29 Å². The van der Waals surface area contributed by atoms with E-state index >= 15 is 0 Å². The standard InChI is InChI=1S/C21H27N3O5/c1-14-5-7-16(8-6-14)21(2)19(26)24(20(27)22-21)13-17(25)23-9-3-4-15(12-23)18-28-10-11-29-18/h5-8,15,18H,3-4,9-13H2,1-2H3,(H,22,27). The zero-order valence-corrected chi connectivity index (χ0v) is 16.8. The maximum atomic E-state index is 13.0. The molecule has 8 heteroatoms. The lowest BCUT2D eigenvalue weighted by atomic mass is 9.91. The molecule has 0 aliphatic carbocycles. The van der Waals surface area contributed by atoms with Gasteiger partial charge in [-0.2, -0.15) is 0 Å². The van der Waals surface area contributed by atoms with Crippen molar-refractivity contribution in [1.29, 1.82) is 0 Å². The Labute approximate surface area is 170 Å². The summed E-state index contributed by atoms with van der Waals surface area (Å²) in [6.45, 7) is 5.66. The quantitative estimate of drug-likeness (QED) is 0.770. The number of amides is 4. The number of aryl methyl sites for hydroxylation is 1. The number of nitrogens with one attached hydrogen (secondary N) is 1. The number of carbonyl (C=O) groups excluding carboxylic acids is 3. The maximum Gasteiger partial charge on any atom is 0.325 e. The number of likely N-dealkylation sites (tertiary alicyclic amines) is 1. The van der Waals surface area contributed by atoms with Crippen LogP contribution in [0.15, 0.2) is 24.3 Å². The van der Waals surface area contributed by atoms with Gasteiger partial charge in [0.1, 0.15) is 12.1 Å². The molecule has 3 fully saturated rings. The Balaban J connectivity index is 1.43. The van der Waals surface area contributed by atoms with E-state index < -0.39 is 17.5 Å². The third-order valence-electron chi connectivity index (χ3n) is 6.04. The van der Waals surface area contributed by atoms with Crippen molar-refractivity contribution < 1.29 is 23.9 Å². The third-order valence-corrected chi connectivity index (χ3v) is 6.04. The lowest BCUT2D eigenvalue weighted by Gasteiger charge is -2.35. The van der Waals surface area contributed by atoms with Gasteiger partial charge in [0.25, 0.3) is 5.91 Å². The molecule has 156 valence electrons. The number of piperidine rings is 1. The van der Waals surface area contributed by atoms with Crippen LogP contribution < -0.4 is 5.32 Å². The highest BCUT2D eigenvalue weighted by Gasteiger charge is 2.49. The van der Waals surface area contributed by atoms with E-state index in [0.717, 1.165) is 23.3 Å². The van der Waals surface area contributed by atoms with Crippen LogP contribution in [0.3, 0.4) is 0 Å². The normalized spacial score (nSPS) is 28.1. The van der Waals surface area contributed by atoms with Crippen molar-refractivity contribution in [3.05, 3.63) is 35.4 Å². The number of urea groups is 1. The summed E-state index contributed by atoms with van der Waals surface area (Å²) in [5, 5.41) is 2.75. The second-order valence-corrected chi connectivity index (χ2v) is 8.16. The Morgan fingerprint density at radius 1 is 1.21 bits per heavy atom. The van der Waals surface area contributed by atoms with E-state index in [0.29, 0.717) is 31.9 Å². The molecule has 4 rings (SSSR count). The topological polar surface area (TPSA) is 88.2 Å².